The first-order valence-electron chi connectivity index (χ1n) is 7.15. The van der Waals surface area contributed by atoms with E-state index in [2.05, 4.69) is 5.32 Å². The van der Waals surface area contributed by atoms with Crippen LogP contribution in [-0.4, -0.2) is 5.11 Å². The molecule has 0 spiro atoms. The normalized spacial score (nSPS) is 12.3. The van der Waals surface area contributed by atoms with Gasteiger partial charge in [0.05, 0.1) is 11.4 Å². The van der Waals surface area contributed by atoms with Crippen LogP contribution in [0.4, 0.5) is 5.69 Å². The third-order valence-electron chi connectivity index (χ3n) is 3.77. The molecule has 0 aliphatic carbocycles. The van der Waals surface area contributed by atoms with E-state index in [-0.39, 0.29) is 17.4 Å². The highest BCUT2D eigenvalue weighted by Gasteiger charge is 2.19. The van der Waals surface area contributed by atoms with Crippen LogP contribution >= 0.6 is 0 Å². The number of aromatic hydroxyl groups is 1. The van der Waals surface area contributed by atoms with Crippen molar-refractivity contribution in [1.29, 1.82) is 0 Å². The largest absolute Gasteiger partial charge is 0.507 e. The van der Waals surface area contributed by atoms with Gasteiger partial charge in [-0.3, -0.25) is 0 Å². The summed E-state index contributed by atoms with van der Waals surface area (Å²) in [7, 11) is 0. The molecule has 1 unspecified atom stereocenters. The summed E-state index contributed by atoms with van der Waals surface area (Å²) in [5.74, 6) is -0.0274. The smallest absolute Gasteiger partial charge is 0.345 e. The van der Waals surface area contributed by atoms with Gasteiger partial charge in [0.15, 0.2) is 0 Å². The molecule has 1 atom stereocenters. The zero-order valence-corrected chi connectivity index (χ0v) is 12.5. The molecule has 0 aliphatic rings. The van der Waals surface area contributed by atoms with Crippen LogP contribution in [-0.2, 0) is 0 Å². The average Bonchev–Trinajstić information content (AvgIpc) is 2.49. The Balaban J connectivity index is 2.06. The molecule has 0 saturated carbocycles. The van der Waals surface area contributed by atoms with E-state index in [1.807, 2.05) is 38.1 Å². The summed E-state index contributed by atoms with van der Waals surface area (Å²) >= 11 is 0. The second-order valence-electron chi connectivity index (χ2n) is 5.33. The van der Waals surface area contributed by atoms with Gasteiger partial charge in [-0.15, -0.1) is 0 Å². The van der Waals surface area contributed by atoms with E-state index < -0.39 is 5.63 Å². The van der Waals surface area contributed by atoms with Gasteiger partial charge in [0, 0.05) is 5.69 Å². The first kappa shape index (κ1) is 14.2. The van der Waals surface area contributed by atoms with Crippen molar-refractivity contribution in [2.45, 2.75) is 19.9 Å². The molecule has 0 radical (unpaired) electrons. The Kier molecular flexibility index (Phi) is 3.59. The average molecular weight is 295 g/mol. The SMILES string of the molecule is Cc1ccccc1NC(C)c1c(O)c2ccccc2oc1=O. The zero-order valence-electron chi connectivity index (χ0n) is 12.5. The Bertz CT molecular complexity index is 883. The van der Waals surface area contributed by atoms with Crippen molar-refractivity contribution < 1.29 is 9.52 Å². The van der Waals surface area contributed by atoms with E-state index in [1.54, 1.807) is 24.3 Å². The van der Waals surface area contributed by atoms with Crippen LogP contribution in [0.1, 0.15) is 24.1 Å². The number of benzene rings is 2. The van der Waals surface area contributed by atoms with Gasteiger partial charge in [-0.05, 0) is 37.6 Å². The van der Waals surface area contributed by atoms with E-state index >= 15 is 0 Å². The molecule has 3 rings (SSSR count). The Labute approximate surface area is 128 Å². The van der Waals surface area contributed by atoms with E-state index in [0.717, 1.165) is 11.3 Å². The second kappa shape index (κ2) is 5.56. The molecular formula is C18H17NO3. The molecule has 22 heavy (non-hydrogen) atoms. The summed E-state index contributed by atoms with van der Waals surface area (Å²) in [4.78, 5) is 12.2. The predicted octanol–water partition coefficient (Wildman–Crippen LogP) is 3.98. The summed E-state index contributed by atoms with van der Waals surface area (Å²) in [6, 6.07) is 14.4. The van der Waals surface area contributed by atoms with Crippen molar-refractivity contribution in [3.8, 4) is 5.75 Å². The molecule has 0 saturated heterocycles. The molecule has 4 nitrogen and oxygen atoms in total. The predicted molar refractivity (Wildman–Crippen MR) is 87.4 cm³/mol. The van der Waals surface area contributed by atoms with Crippen LogP contribution in [0.5, 0.6) is 5.75 Å². The first-order chi connectivity index (χ1) is 10.6. The van der Waals surface area contributed by atoms with Crippen molar-refractivity contribution >= 4 is 16.7 Å². The third kappa shape index (κ3) is 2.44. The maximum atomic E-state index is 12.2. The van der Waals surface area contributed by atoms with Crippen molar-refractivity contribution in [2.24, 2.45) is 0 Å². The van der Waals surface area contributed by atoms with E-state index in [1.165, 1.54) is 0 Å². The minimum Gasteiger partial charge on any atom is -0.507 e. The maximum absolute atomic E-state index is 12.2. The molecule has 3 aromatic rings. The Morgan fingerprint density at radius 1 is 1.09 bits per heavy atom. The van der Waals surface area contributed by atoms with E-state index in [4.69, 9.17) is 4.42 Å². The van der Waals surface area contributed by atoms with E-state index in [0.29, 0.717) is 11.0 Å². The number of hydrogen-bond acceptors (Lipinski definition) is 4. The molecule has 1 aromatic heterocycles. The summed E-state index contributed by atoms with van der Waals surface area (Å²) in [5.41, 5.74) is 2.09. The molecule has 0 amide bonds. The molecule has 4 heteroatoms. The monoisotopic (exact) mass is 295 g/mol. The lowest BCUT2D eigenvalue weighted by Crippen LogP contribution is -2.17. The summed E-state index contributed by atoms with van der Waals surface area (Å²) < 4.78 is 5.31. The number of hydrogen-bond donors (Lipinski definition) is 2. The fourth-order valence-electron chi connectivity index (χ4n) is 2.57. The summed E-state index contributed by atoms with van der Waals surface area (Å²) in [6.45, 7) is 3.81. The Morgan fingerprint density at radius 2 is 1.77 bits per heavy atom. The lowest BCUT2D eigenvalue weighted by Gasteiger charge is -2.17. The van der Waals surface area contributed by atoms with Gasteiger partial charge in [0.2, 0.25) is 0 Å². The highest BCUT2D eigenvalue weighted by Crippen LogP contribution is 2.31. The number of nitrogens with one attached hydrogen (secondary N) is 1. The van der Waals surface area contributed by atoms with Crippen LogP contribution in [0.2, 0.25) is 0 Å². The van der Waals surface area contributed by atoms with Crippen LogP contribution in [0.3, 0.4) is 0 Å². The van der Waals surface area contributed by atoms with Crippen LogP contribution in [0, 0.1) is 6.92 Å². The van der Waals surface area contributed by atoms with Gasteiger partial charge in [-0.2, -0.15) is 0 Å². The van der Waals surface area contributed by atoms with Gasteiger partial charge in [-0.25, -0.2) is 4.79 Å². The topological polar surface area (TPSA) is 62.5 Å². The number of anilines is 1. The quantitative estimate of drug-likeness (QED) is 0.717. The zero-order chi connectivity index (χ0) is 15.7. The number of aryl methyl sites for hydroxylation is 1. The molecule has 0 fully saturated rings. The number of fused-ring (bicyclic) bond motifs is 1. The molecule has 2 aromatic carbocycles. The summed E-state index contributed by atoms with van der Waals surface area (Å²) in [5, 5.41) is 14.2. The van der Waals surface area contributed by atoms with Crippen LogP contribution < -0.4 is 10.9 Å². The van der Waals surface area contributed by atoms with Crippen LogP contribution in [0.25, 0.3) is 11.0 Å². The fraction of sp³-hybridized carbons (Fsp3) is 0.167. The first-order valence-corrected chi connectivity index (χ1v) is 7.15. The lowest BCUT2D eigenvalue weighted by molar-refractivity contribution is 0.452. The van der Waals surface area contributed by atoms with Gasteiger partial charge in [0.25, 0.3) is 0 Å². The molecule has 0 bridgehead atoms. The number of para-hydroxylation sites is 2. The minimum atomic E-state index is -0.523. The molecule has 2 N–H and O–H groups in total. The Hall–Kier alpha value is -2.75. The number of rotatable bonds is 3. The van der Waals surface area contributed by atoms with Crippen LogP contribution in [0.15, 0.2) is 57.7 Å². The van der Waals surface area contributed by atoms with Crippen molar-refractivity contribution in [2.75, 3.05) is 5.32 Å². The van der Waals surface area contributed by atoms with Gasteiger partial charge in [0.1, 0.15) is 16.9 Å². The molecular weight excluding hydrogens is 278 g/mol. The molecule has 0 aliphatic heterocycles. The highest BCUT2D eigenvalue weighted by atomic mass is 16.4. The Morgan fingerprint density at radius 3 is 2.55 bits per heavy atom. The minimum absolute atomic E-state index is 0.0274. The standard InChI is InChI=1S/C18H17NO3/c1-11-7-3-5-9-14(11)19-12(2)16-17(20)13-8-4-6-10-15(13)22-18(16)21/h3-10,12,19-20H,1-2H3. The fourth-order valence-corrected chi connectivity index (χ4v) is 2.57. The van der Waals surface area contributed by atoms with E-state index in [9.17, 15) is 9.90 Å². The van der Waals surface area contributed by atoms with Gasteiger partial charge in [-0.1, -0.05) is 30.3 Å². The summed E-state index contributed by atoms with van der Waals surface area (Å²) in [6.07, 6.45) is 0. The second-order valence-corrected chi connectivity index (χ2v) is 5.33. The van der Waals surface area contributed by atoms with Crippen molar-refractivity contribution in [3.63, 3.8) is 0 Å². The highest BCUT2D eigenvalue weighted by molar-refractivity contribution is 5.84. The van der Waals surface area contributed by atoms with Crippen molar-refractivity contribution in [1.82, 2.24) is 0 Å². The maximum Gasteiger partial charge on any atom is 0.345 e. The lowest BCUT2D eigenvalue weighted by atomic mass is 10.1. The third-order valence-corrected chi connectivity index (χ3v) is 3.77. The molecule has 112 valence electrons. The van der Waals surface area contributed by atoms with Gasteiger partial charge < -0.3 is 14.8 Å². The molecule has 1 heterocycles. The van der Waals surface area contributed by atoms with Gasteiger partial charge >= 0.3 is 5.63 Å². The van der Waals surface area contributed by atoms with Crippen molar-refractivity contribution in [3.05, 3.63) is 70.1 Å².